The van der Waals surface area contributed by atoms with Crippen molar-refractivity contribution in [2.24, 2.45) is 0 Å². The molecule has 0 spiro atoms. The number of hydrogen-bond donors (Lipinski definition) is 1. The Balaban J connectivity index is 1.77. The summed E-state index contributed by atoms with van der Waals surface area (Å²) in [4.78, 5) is 48.5. The summed E-state index contributed by atoms with van der Waals surface area (Å²) in [6.45, 7) is 1.56. The standard InChI is InChI=1S/C23H20INO8S/c1-3-32-19(26)11-25-21(27)18(34-23(25)30)10-14-8-16(24)20(17(9-14)31-2)33-12-13-4-6-15(7-5-13)22(28)29/h4-10H,3,11-12H2,1-2H3,(H,28,29)/b18-10+. The van der Waals surface area contributed by atoms with Crippen LogP contribution in [0.25, 0.3) is 6.08 Å². The smallest absolute Gasteiger partial charge is 0.335 e. The number of carbonyl (C=O) groups excluding carboxylic acids is 3. The lowest BCUT2D eigenvalue weighted by Crippen LogP contribution is -2.34. The first-order valence-corrected chi connectivity index (χ1v) is 11.9. The number of methoxy groups -OCH3 is 1. The molecular formula is C23H20INO8S. The quantitative estimate of drug-likeness (QED) is 0.258. The van der Waals surface area contributed by atoms with Gasteiger partial charge in [-0.25, -0.2) is 4.79 Å². The van der Waals surface area contributed by atoms with Crippen LogP contribution in [0.15, 0.2) is 41.3 Å². The minimum absolute atomic E-state index is 0.158. The summed E-state index contributed by atoms with van der Waals surface area (Å²) < 4.78 is 16.9. The lowest BCUT2D eigenvalue weighted by Gasteiger charge is -2.14. The highest BCUT2D eigenvalue weighted by atomic mass is 127. The van der Waals surface area contributed by atoms with Gasteiger partial charge in [-0.3, -0.25) is 19.3 Å². The van der Waals surface area contributed by atoms with Gasteiger partial charge in [0.05, 0.1) is 27.8 Å². The van der Waals surface area contributed by atoms with Crippen LogP contribution in [0, 0.1) is 3.57 Å². The number of esters is 1. The summed E-state index contributed by atoms with van der Waals surface area (Å²) in [5.74, 6) is -1.31. The lowest BCUT2D eigenvalue weighted by atomic mass is 10.1. The molecule has 0 bridgehead atoms. The monoisotopic (exact) mass is 597 g/mol. The molecule has 1 aliphatic rings. The SMILES string of the molecule is CCOC(=O)CN1C(=O)S/C(=C/c2cc(I)c(OCc3ccc(C(=O)O)cc3)c(OC)c2)C1=O. The maximum atomic E-state index is 12.6. The number of ether oxygens (including phenoxy) is 3. The zero-order valence-corrected chi connectivity index (χ0v) is 21.2. The maximum absolute atomic E-state index is 12.6. The number of halogens is 1. The van der Waals surface area contributed by atoms with E-state index in [1.165, 1.54) is 19.2 Å². The van der Waals surface area contributed by atoms with E-state index in [2.05, 4.69) is 22.6 Å². The second kappa shape index (κ2) is 11.4. The Bertz CT molecular complexity index is 1160. The van der Waals surface area contributed by atoms with E-state index < -0.39 is 29.6 Å². The Hall–Kier alpha value is -3.06. The minimum atomic E-state index is -1.00. The fourth-order valence-corrected chi connectivity index (χ4v) is 4.61. The molecule has 2 aromatic rings. The Kier molecular flexibility index (Phi) is 8.56. The van der Waals surface area contributed by atoms with Crippen molar-refractivity contribution in [1.29, 1.82) is 0 Å². The zero-order valence-electron chi connectivity index (χ0n) is 18.2. The third-order valence-corrected chi connectivity index (χ3v) is 6.31. The molecule has 2 aromatic carbocycles. The number of nitrogens with zero attached hydrogens (tertiary/aromatic N) is 1. The molecule has 0 atom stereocenters. The third-order valence-electron chi connectivity index (χ3n) is 4.60. The molecule has 0 aromatic heterocycles. The summed E-state index contributed by atoms with van der Waals surface area (Å²) in [6.07, 6.45) is 1.55. The van der Waals surface area contributed by atoms with E-state index in [0.29, 0.717) is 20.6 Å². The number of imide groups is 1. The van der Waals surface area contributed by atoms with E-state index in [1.807, 2.05) is 0 Å². The van der Waals surface area contributed by atoms with Crippen LogP contribution in [0.3, 0.4) is 0 Å². The van der Waals surface area contributed by atoms with Crippen LogP contribution in [0.5, 0.6) is 11.5 Å². The molecule has 1 saturated heterocycles. The van der Waals surface area contributed by atoms with Gasteiger partial charge >= 0.3 is 11.9 Å². The number of benzene rings is 2. The number of carboxylic acids is 1. The average Bonchev–Trinajstić information content (AvgIpc) is 3.05. The number of hydrogen-bond acceptors (Lipinski definition) is 8. The van der Waals surface area contributed by atoms with E-state index in [0.717, 1.165) is 22.2 Å². The van der Waals surface area contributed by atoms with Crippen molar-refractivity contribution in [2.45, 2.75) is 13.5 Å². The van der Waals surface area contributed by atoms with Gasteiger partial charge in [0.2, 0.25) is 0 Å². The van der Waals surface area contributed by atoms with Crippen LogP contribution in [0.2, 0.25) is 0 Å². The second-order valence-corrected chi connectivity index (χ2v) is 9.05. The van der Waals surface area contributed by atoms with Gasteiger partial charge in [0.25, 0.3) is 11.1 Å². The summed E-state index contributed by atoms with van der Waals surface area (Å²) in [7, 11) is 1.48. The van der Waals surface area contributed by atoms with Gasteiger partial charge in [-0.1, -0.05) is 12.1 Å². The number of carboxylic acid groups (broad SMARTS) is 1. The van der Waals surface area contributed by atoms with E-state index in [1.54, 1.807) is 37.3 Å². The van der Waals surface area contributed by atoms with E-state index in [9.17, 15) is 19.2 Å². The first-order valence-electron chi connectivity index (χ1n) is 9.97. The van der Waals surface area contributed by atoms with E-state index >= 15 is 0 Å². The molecule has 1 aliphatic heterocycles. The summed E-state index contributed by atoms with van der Waals surface area (Å²) in [6, 6.07) is 9.78. The number of carbonyl (C=O) groups is 4. The Morgan fingerprint density at radius 1 is 1.18 bits per heavy atom. The molecule has 0 aliphatic carbocycles. The summed E-state index contributed by atoms with van der Waals surface area (Å²) >= 11 is 2.82. The van der Waals surface area contributed by atoms with E-state index in [4.69, 9.17) is 19.3 Å². The van der Waals surface area contributed by atoms with Gasteiger partial charge in [-0.15, -0.1) is 0 Å². The average molecular weight is 597 g/mol. The molecule has 3 rings (SSSR count). The fourth-order valence-electron chi connectivity index (χ4n) is 2.99. The van der Waals surface area contributed by atoms with Gasteiger partial charge in [0.15, 0.2) is 11.5 Å². The van der Waals surface area contributed by atoms with Crippen LogP contribution < -0.4 is 9.47 Å². The lowest BCUT2D eigenvalue weighted by molar-refractivity contribution is -0.145. The third kappa shape index (κ3) is 6.08. The normalized spacial score (nSPS) is 14.4. The predicted octanol–water partition coefficient (Wildman–Crippen LogP) is 4.18. The highest BCUT2D eigenvalue weighted by Gasteiger charge is 2.36. The minimum Gasteiger partial charge on any atom is -0.493 e. The Labute approximate surface area is 213 Å². The maximum Gasteiger partial charge on any atom is 0.335 e. The molecule has 34 heavy (non-hydrogen) atoms. The van der Waals surface area contributed by atoms with Gasteiger partial charge in [0.1, 0.15) is 13.2 Å². The molecule has 178 valence electrons. The Morgan fingerprint density at radius 2 is 1.88 bits per heavy atom. The molecule has 1 fully saturated rings. The number of amides is 2. The molecule has 9 nitrogen and oxygen atoms in total. The first kappa shape index (κ1) is 25.6. The molecule has 11 heteroatoms. The van der Waals surface area contributed by atoms with Crippen molar-refractivity contribution < 1.29 is 38.5 Å². The fraction of sp³-hybridized carbons (Fsp3) is 0.217. The van der Waals surface area contributed by atoms with Crippen LogP contribution in [0.4, 0.5) is 4.79 Å². The molecule has 2 amide bonds. The molecular weight excluding hydrogens is 577 g/mol. The predicted molar refractivity (Wildman–Crippen MR) is 133 cm³/mol. The topological polar surface area (TPSA) is 119 Å². The van der Waals surface area contributed by atoms with Crippen molar-refractivity contribution in [3.05, 3.63) is 61.6 Å². The molecule has 0 unspecified atom stereocenters. The van der Waals surface area contributed by atoms with E-state index in [-0.39, 0.29) is 23.7 Å². The molecule has 0 radical (unpaired) electrons. The van der Waals surface area contributed by atoms with Crippen LogP contribution in [0.1, 0.15) is 28.4 Å². The number of rotatable bonds is 9. The number of thioether (sulfide) groups is 1. The van der Waals surface area contributed by atoms with Crippen molar-refractivity contribution in [1.82, 2.24) is 4.90 Å². The molecule has 1 heterocycles. The highest BCUT2D eigenvalue weighted by Crippen LogP contribution is 2.37. The van der Waals surface area contributed by atoms with Gasteiger partial charge in [-0.2, -0.15) is 0 Å². The summed E-state index contributed by atoms with van der Waals surface area (Å²) in [5.41, 5.74) is 1.58. The molecule has 1 N–H and O–H groups in total. The molecule has 0 saturated carbocycles. The van der Waals surface area contributed by atoms with Crippen molar-refractivity contribution in [2.75, 3.05) is 20.3 Å². The first-order chi connectivity index (χ1) is 16.2. The van der Waals surface area contributed by atoms with Crippen LogP contribution in [-0.2, 0) is 20.9 Å². The second-order valence-electron chi connectivity index (χ2n) is 6.90. The van der Waals surface area contributed by atoms with Crippen molar-refractivity contribution in [3.63, 3.8) is 0 Å². The van der Waals surface area contributed by atoms with Gasteiger partial charge < -0.3 is 19.3 Å². The van der Waals surface area contributed by atoms with Gasteiger partial charge in [-0.05, 0) is 82.7 Å². The van der Waals surface area contributed by atoms with Crippen molar-refractivity contribution >= 4 is 63.5 Å². The van der Waals surface area contributed by atoms with Crippen LogP contribution >= 0.6 is 34.4 Å². The number of aromatic carboxylic acids is 1. The zero-order chi connectivity index (χ0) is 24.8. The van der Waals surface area contributed by atoms with Gasteiger partial charge in [0, 0.05) is 0 Å². The highest BCUT2D eigenvalue weighted by molar-refractivity contribution is 14.1. The summed E-state index contributed by atoms with van der Waals surface area (Å²) in [5, 5.41) is 8.46. The largest absolute Gasteiger partial charge is 0.493 e. The Morgan fingerprint density at radius 3 is 2.50 bits per heavy atom. The van der Waals surface area contributed by atoms with Crippen LogP contribution in [-0.4, -0.2) is 53.4 Å². The van der Waals surface area contributed by atoms with Crippen molar-refractivity contribution in [3.8, 4) is 11.5 Å².